The molecule has 0 radical (unpaired) electrons. The molecule has 0 saturated heterocycles. The van der Waals surface area contributed by atoms with Gasteiger partial charge < -0.3 is 14.2 Å². The molecule has 9 rings (SSSR count). The minimum Gasteiger partial charge on any atom is -0.494 e. The van der Waals surface area contributed by atoms with Crippen molar-refractivity contribution in [3.05, 3.63) is 54.4 Å². The van der Waals surface area contributed by atoms with Crippen LogP contribution in [0.15, 0.2) is 47.2 Å². The van der Waals surface area contributed by atoms with Gasteiger partial charge in [0, 0.05) is 29.1 Å². The molecule has 6 fully saturated rings. The quantitative estimate of drug-likeness (QED) is 0.281. The van der Waals surface area contributed by atoms with Crippen LogP contribution in [0.4, 0.5) is 10.1 Å². The van der Waals surface area contributed by atoms with Crippen molar-refractivity contribution in [2.24, 2.45) is 10.8 Å². The van der Waals surface area contributed by atoms with E-state index in [9.17, 15) is 9.18 Å². The Morgan fingerprint density at radius 3 is 2.24 bits per heavy atom. The van der Waals surface area contributed by atoms with Gasteiger partial charge in [-0.15, -0.1) is 0 Å². The summed E-state index contributed by atoms with van der Waals surface area (Å²) in [5.74, 6) is 2.43. The lowest BCUT2D eigenvalue weighted by Crippen LogP contribution is -2.71. The Hall–Kier alpha value is -3.29. The first-order valence-corrected chi connectivity index (χ1v) is 15.5. The van der Waals surface area contributed by atoms with Crippen molar-refractivity contribution in [2.45, 2.75) is 102 Å². The van der Waals surface area contributed by atoms with Crippen molar-refractivity contribution in [2.75, 3.05) is 18.1 Å². The number of hydrogen-bond donors (Lipinski definition) is 0. The van der Waals surface area contributed by atoms with Crippen LogP contribution >= 0.6 is 0 Å². The van der Waals surface area contributed by atoms with Crippen LogP contribution in [0.1, 0.15) is 97.2 Å². The predicted molar refractivity (Wildman–Crippen MR) is 158 cm³/mol. The number of hydrogen-bond acceptors (Lipinski definition) is 6. The molecule has 0 atom stereocenters. The van der Waals surface area contributed by atoms with Crippen LogP contribution in [0, 0.1) is 10.8 Å². The number of amides is 1. The molecule has 42 heavy (non-hydrogen) atoms. The molecule has 6 saturated carbocycles. The fourth-order valence-electron chi connectivity index (χ4n) is 8.02. The average Bonchev–Trinajstić information content (AvgIpc) is 3.48. The number of aromatic nitrogens is 3. The summed E-state index contributed by atoms with van der Waals surface area (Å²) in [5, 5.41) is 4.45. The summed E-state index contributed by atoms with van der Waals surface area (Å²) in [4.78, 5) is 25.6. The van der Waals surface area contributed by atoms with E-state index in [0.29, 0.717) is 38.3 Å². The molecule has 0 unspecified atom stereocenters. The van der Waals surface area contributed by atoms with E-state index >= 15 is 0 Å². The number of anilines is 1. The lowest BCUT2D eigenvalue weighted by atomic mass is 9.41. The van der Waals surface area contributed by atoms with Gasteiger partial charge >= 0.3 is 0 Å². The minimum absolute atomic E-state index is 0.0140. The van der Waals surface area contributed by atoms with Crippen LogP contribution in [0.25, 0.3) is 11.1 Å². The molecule has 3 aromatic rings. The monoisotopic (exact) mass is 572 g/mol. The minimum atomic E-state index is -1.13. The van der Waals surface area contributed by atoms with E-state index in [0.717, 1.165) is 66.9 Å². The Kier molecular flexibility index (Phi) is 6.13. The molecule has 7 nitrogen and oxygen atoms in total. The topological polar surface area (TPSA) is 81.3 Å². The molecule has 2 heterocycles. The van der Waals surface area contributed by atoms with Crippen LogP contribution in [-0.2, 0) is 15.6 Å². The zero-order chi connectivity index (χ0) is 29.4. The highest BCUT2D eigenvalue weighted by Gasteiger charge is 2.73. The normalized spacial score (nSPS) is 31.3. The van der Waals surface area contributed by atoms with Crippen molar-refractivity contribution in [3.63, 3.8) is 0 Å². The first-order chi connectivity index (χ1) is 20.0. The van der Waals surface area contributed by atoms with Crippen LogP contribution < -0.4 is 9.64 Å². The molecule has 1 amide bonds. The first kappa shape index (κ1) is 27.5. The maximum absolute atomic E-state index is 14.6. The molecule has 6 aliphatic rings. The van der Waals surface area contributed by atoms with Crippen LogP contribution in [0.2, 0.25) is 0 Å². The number of benzene rings is 1. The number of carbonyl (C=O) groups excluding carboxylic acids is 1. The third kappa shape index (κ3) is 4.44. The van der Waals surface area contributed by atoms with Crippen molar-refractivity contribution < 1.29 is 18.4 Å². The molecule has 8 heteroatoms. The smallest absolute Gasteiger partial charge is 0.233 e. The van der Waals surface area contributed by atoms with Crippen molar-refractivity contribution >= 4 is 11.6 Å². The van der Waals surface area contributed by atoms with Gasteiger partial charge in [0.2, 0.25) is 11.8 Å². The van der Waals surface area contributed by atoms with Gasteiger partial charge in [-0.2, -0.15) is 4.98 Å². The summed E-state index contributed by atoms with van der Waals surface area (Å²) < 4.78 is 25.9. The number of pyridine rings is 1. The van der Waals surface area contributed by atoms with Gasteiger partial charge in [-0.3, -0.25) is 9.78 Å². The lowest BCUT2D eigenvalue weighted by Gasteiger charge is -2.65. The van der Waals surface area contributed by atoms with Crippen LogP contribution in [-0.4, -0.2) is 39.9 Å². The molecule has 1 aromatic carbocycles. The second-order valence-corrected chi connectivity index (χ2v) is 14.7. The number of halogens is 1. The number of fused-ring (bicyclic) bond motifs is 3. The van der Waals surface area contributed by atoms with Gasteiger partial charge in [0.15, 0.2) is 5.82 Å². The summed E-state index contributed by atoms with van der Waals surface area (Å²) in [5.41, 5.74) is 0.866. The summed E-state index contributed by atoms with van der Waals surface area (Å²) in [6, 6.07) is 10.0. The van der Waals surface area contributed by atoms with E-state index in [1.54, 1.807) is 6.20 Å². The number of rotatable bonds is 8. The summed E-state index contributed by atoms with van der Waals surface area (Å²) in [6.45, 7) is 9.50. The highest BCUT2D eigenvalue weighted by molar-refractivity contribution is 6.00. The van der Waals surface area contributed by atoms with Gasteiger partial charge in [0.1, 0.15) is 11.4 Å². The first-order valence-electron chi connectivity index (χ1n) is 15.5. The SMILES string of the molecule is CCOc1ccc(-c2cncc(N(CC34CCC(c5noc(C(C)(C)C)n5)(CC3)CC4)C(=O)C34CC(F)(C3)C4)c2)cc1. The second kappa shape index (κ2) is 9.35. The Labute approximate surface area is 247 Å². The van der Waals surface area contributed by atoms with E-state index in [4.69, 9.17) is 14.2 Å². The maximum Gasteiger partial charge on any atom is 0.233 e. The van der Waals surface area contributed by atoms with E-state index in [2.05, 4.69) is 37.0 Å². The lowest BCUT2D eigenvalue weighted by molar-refractivity contribution is -0.211. The van der Waals surface area contributed by atoms with E-state index in [1.807, 2.05) is 42.3 Å². The Bertz CT molecular complexity index is 1460. The van der Waals surface area contributed by atoms with Gasteiger partial charge in [-0.1, -0.05) is 38.1 Å². The summed E-state index contributed by atoms with van der Waals surface area (Å²) in [6.07, 6.45) is 10.7. The van der Waals surface area contributed by atoms with Gasteiger partial charge in [0.05, 0.1) is 23.9 Å². The molecule has 222 valence electrons. The molecule has 4 bridgehead atoms. The largest absolute Gasteiger partial charge is 0.494 e. The average molecular weight is 573 g/mol. The Balaban J connectivity index is 1.15. The van der Waals surface area contributed by atoms with Crippen molar-refractivity contribution in [3.8, 4) is 16.9 Å². The fraction of sp³-hybridized carbons (Fsp3) is 0.588. The Morgan fingerprint density at radius 2 is 1.67 bits per heavy atom. The second-order valence-electron chi connectivity index (χ2n) is 14.7. The highest BCUT2D eigenvalue weighted by atomic mass is 19.1. The number of alkyl halides is 1. The van der Waals surface area contributed by atoms with Gasteiger partial charge in [-0.25, -0.2) is 4.39 Å². The predicted octanol–water partition coefficient (Wildman–Crippen LogP) is 7.35. The van der Waals surface area contributed by atoms with Crippen molar-refractivity contribution in [1.82, 2.24) is 15.1 Å². The summed E-state index contributed by atoms with van der Waals surface area (Å²) in [7, 11) is 0. The van der Waals surface area contributed by atoms with E-state index < -0.39 is 11.1 Å². The summed E-state index contributed by atoms with van der Waals surface area (Å²) >= 11 is 0. The number of ether oxygens (including phenoxy) is 1. The van der Waals surface area contributed by atoms with Gasteiger partial charge in [-0.05, 0) is 93.9 Å². The molecule has 2 aromatic heterocycles. The molecule has 6 aliphatic carbocycles. The maximum atomic E-state index is 14.6. The molecule has 0 spiro atoms. The molecule has 0 N–H and O–H groups in total. The molecular weight excluding hydrogens is 531 g/mol. The standard InChI is InChI=1S/C34H41FN4O3/c1-5-41-26-8-6-23(7-9-26)24-16-25(18-36-17-24)39(29(40)33-19-34(35,20-33)21-33)22-31-10-13-32(14-11-31,15-12-31)27-37-28(42-38-27)30(2,3)4/h6-9,16-18H,5,10-15,19-22H2,1-4H3. The van der Waals surface area contributed by atoms with Crippen LogP contribution in [0.3, 0.4) is 0 Å². The fourth-order valence-corrected chi connectivity index (χ4v) is 8.02. The molecular formula is C34H41FN4O3. The third-order valence-electron chi connectivity index (χ3n) is 10.6. The molecule has 0 aliphatic heterocycles. The highest BCUT2D eigenvalue weighted by Crippen LogP contribution is 2.70. The number of nitrogens with zero attached hydrogens (tertiary/aromatic N) is 4. The van der Waals surface area contributed by atoms with Gasteiger partial charge in [0.25, 0.3) is 0 Å². The van der Waals surface area contributed by atoms with E-state index in [-0.39, 0.29) is 22.2 Å². The van der Waals surface area contributed by atoms with Crippen LogP contribution in [0.5, 0.6) is 5.75 Å². The van der Waals surface area contributed by atoms with Crippen molar-refractivity contribution in [1.29, 1.82) is 0 Å². The van der Waals surface area contributed by atoms with E-state index in [1.165, 1.54) is 0 Å². The zero-order valence-electron chi connectivity index (χ0n) is 25.2. The number of carbonyl (C=O) groups is 1. The zero-order valence-corrected chi connectivity index (χ0v) is 25.2. The third-order valence-corrected chi connectivity index (χ3v) is 10.6. The Morgan fingerprint density at radius 1 is 1.00 bits per heavy atom.